The number of anilines is 1. The van der Waals surface area contributed by atoms with Crippen LogP contribution in [-0.2, 0) is 9.59 Å². The van der Waals surface area contributed by atoms with Gasteiger partial charge in [-0.25, -0.2) is 0 Å². The molecule has 0 aliphatic carbocycles. The third-order valence-electron chi connectivity index (χ3n) is 2.66. The Hall–Kier alpha value is -1.16. The molecule has 4 heteroatoms. The second-order valence-electron chi connectivity index (χ2n) is 3.81. The zero-order chi connectivity index (χ0) is 11.5. The molecule has 1 aromatic rings. The lowest BCUT2D eigenvalue weighted by molar-refractivity contribution is -0.135. The Morgan fingerprint density at radius 1 is 1.06 bits per heavy atom. The fourth-order valence-corrected chi connectivity index (χ4v) is 2.05. The molecule has 2 rings (SSSR count). The van der Waals surface area contributed by atoms with Crippen molar-refractivity contribution in [1.82, 2.24) is 0 Å². The van der Waals surface area contributed by atoms with Gasteiger partial charge in [0, 0.05) is 23.1 Å². The number of carbonyl (C=O) groups is 2. The number of ketones is 1. The predicted molar refractivity (Wildman–Crippen MR) is 65.4 cm³/mol. The number of benzene rings is 1. The van der Waals surface area contributed by atoms with Gasteiger partial charge in [0.25, 0.3) is 5.91 Å². The van der Waals surface area contributed by atoms with Crippen molar-refractivity contribution in [3.05, 3.63) is 28.7 Å². The normalized spacial score (nSPS) is 17.4. The van der Waals surface area contributed by atoms with Gasteiger partial charge in [-0.2, -0.15) is 0 Å². The van der Waals surface area contributed by atoms with Gasteiger partial charge >= 0.3 is 0 Å². The van der Waals surface area contributed by atoms with E-state index in [1.54, 1.807) is 4.90 Å². The van der Waals surface area contributed by atoms with Crippen LogP contribution < -0.4 is 4.90 Å². The van der Waals surface area contributed by atoms with Crippen LogP contribution in [0.25, 0.3) is 0 Å². The number of Topliss-reactive ketones (excluding diaryl/α,β-unsaturated/α-hetero) is 1. The summed E-state index contributed by atoms with van der Waals surface area (Å²) in [7, 11) is 0. The van der Waals surface area contributed by atoms with Crippen LogP contribution in [0.15, 0.2) is 28.7 Å². The van der Waals surface area contributed by atoms with Crippen molar-refractivity contribution in [3.8, 4) is 0 Å². The zero-order valence-electron chi connectivity index (χ0n) is 8.78. The molecule has 1 saturated heterocycles. The van der Waals surface area contributed by atoms with Crippen molar-refractivity contribution in [3.63, 3.8) is 0 Å². The quantitative estimate of drug-likeness (QED) is 0.742. The van der Waals surface area contributed by atoms with E-state index in [2.05, 4.69) is 15.9 Å². The highest BCUT2D eigenvalue weighted by Crippen LogP contribution is 2.21. The van der Waals surface area contributed by atoms with Gasteiger partial charge in [0.1, 0.15) is 0 Å². The summed E-state index contributed by atoms with van der Waals surface area (Å²) < 4.78 is 0.963. The standard InChI is InChI=1S/C12H12BrNO2/c13-9-4-6-10(7-5-9)14-8-2-1-3-11(15)12(14)16/h4-7H,1-3,8H2. The molecule has 0 bridgehead atoms. The summed E-state index contributed by atoms with van der Waals surface area (Å²) in [6.07, 6.45) is 2.07. The molecule has 0 saturated carbocycles. The molecular formula is C12H12BrNO2. The fourth-order valence-electron chi connectivity index (χ4n) is 1.78. The average Bonchev–Trinajstić information content (AvgIpc) is 2.44. The summed E-state index contributed by atoms with van der Waals surface area (Å²) >= 11 is 3.34. The van der Waals surface area contributed by atoms with Crippen LogP contribution >= 0.6 is 15.9 Å². The highest BCUT2D eigenvalue weighted by Gasteiger charge is 2.25. The molecule has 1 aliphatic rings. The predicted octanol–water partition coefficient (Wildman–Crippen LogP) is 2.54. The third kappa shape index (κ3) is 2.32. The van der Waals surface area contributed by atoms with E-state index in [0.717, 1.165) is 23.0 Å². The first kappa shape index (κ1) is 11.3. The molecule has 3 nitrogen and oxygen atoms in total. The minimum atomic E-state index is -0.375. The molecule has 1 amide bonds. The molecule has 0 N–H and O–H groups in total. The summed E-state index contributed by atoms with van der Waals surface area (Å²) in [6.45, 7) is 0.631. The van der Waals surface area contributed by atoms with Gasteiger partial charge in [0.15, 0.2) is 0 Å². The number of carbonyl (C=O) groups excluding carboxylic acids is 2. The van der Waals surface area contributed by atoms with Crippen molar-refractivity contribution in [1.29, 1.82) is 0 Å². The van der Waals surface area contributed by atoms with Crippen molar-refractivity contribution >= 4 is 33.3 Å². The van der Waals surface area contributed by atoms with E-state index in [1.165, 1.54) is 0 Å². The van der Waals surface area contributed by atoms with Gasteiger partial charge in [-0.1, -0.05) is 15.9 Å². The molecule has 1 fully saturated rings. The van der Waals surface area contributed by atoms with Gasteiger partial charge < -0.3 is 4.90 Å². The lowest BCUT2D eigenvalue weighted by Gasteiger charge is -2.19. The molecule has 0 atom stereocenters. The fraction of sp³-hybridized carbons (Fsp3) is 0.333. The molecule has 0 unspecified atom stereocenters. The second-order valence-corrected chi connectivity index (χ2v) is 4.73. The van der Waals surface area contributed by atoms with Crippen molar-refractivity contribution in [2.75, 3.05) is 11.4 Å². The number of amides is 1. The SMILES string of the molecule is O=C1CCCCN(c2ccc(Br)cc2)C1=O. The molecule has 1 aromatic carbocycles. The number of hydrogen-bond donors (Lipinski definition) is 0. The number of rotatable bonds is 1. The number of nitrogens with zero attached hydrogens (tertiary/aromatic N) is 1. The molecule has 0 radical (unpaired) electrons. The summed E-state index contributed by atoms with van der Waals surface area (Å²) in [5.74, 6) is -0.653. The largest absolute Gasteiger partial charge is 0.306 e. The highest BCUT2D eigenvalue weighted by atomic mass is 79.9. The summed E-state index contributed by atoms with van der Waals surface area (Å²) in [5.41, 5.74) is 0.795. The van der Waals surface area contributed by atoms with Crippen LogP contribution in [0.2, 0.25) is 0 Å². The maximum atomic E-state index is 11.8. The Labute approximate surface area is 103 Å². The van der Waals surface area contributed by atoms with Gasteiger partial charge in [-0.05, 0) is 37.1 Å². The molecule has 16 heavy (non-hydrogen) atoms. The monoisotopic (exact) mass is 281 g/mol. The molecule has 84 valence electrons. The number of halogens is 1. The van der Waals surface area contributed by atoms with Gasteiger partial charge in [0.05, 0.1) is 0 Å². The highest BCUT2D eigenvalue weighted by molar-refractivity contribution is 9.10. The Balaban J connectivity index is 2.27. The first-order chi connectivity index (χ1) is 7.68. The van der Waals surface area contributed by atoms with E-state index in [4.69, 9.17) is 0 Å². The summed E-state index contributed by atoms with van der Waals surface area (Å²) in [6, 6.07) is 7.44. The van der Waals surface area contributed by atoms with Crippen LogP contribution in [0.4, 0.5) is 5.69 Å². The van der Waals surface area contributed by atoms with Crippen LogP contribution in [0.1, 0.15) is 19.3 Å². The maximum absolute atomic E-state index is 11.8. The van der Waals surface area contributed by atoms with Crippen LogP contribution in [-0.4, -0.2) is 18.2 Å². The smallest absolute Gasteiger partial charge is 0.294 e. The first-order valence-electron chi connectivity index (χ1n) is 5.29. The third-order valence-corrected chi connectivity index (χ3v) is 3.19. The zero-order valence-corrected chi connectivity index (χ0v) is 10.4. The molecule has 0 spiro atoms. The van der Waals surface area contributed by atoms with Crippen LogP contribution in [0.3, 0.4) is 0 Å². The lowest BCUT2D eigenvalue weighted by Crippen LogP contribution is -2.35. The maximum Gasteiger partial charge on any atom is 0.294 e. The second kappa shape index (κ2) is 4.78. The topological polar surface area (TPSA) is 37.4 Å². The average molecular weight is 282 g/mol. The molecule has 1 aliphatic heterocycles. The van der Waals surface area contributed by atoms with Crippen molar-refractivity contribution in [2.24, 2.45) is 0 Å². The van der Waals surface area contributed by atoms with E-state index in [-0.39, 0.29) is 11.7 Å². The van der Waals surface area contributed by atoms with E-state index < -0.39 is 0 Å². The minimum absolute atomic E-state index is 0.277. The Morgan fingerprint density at radius 3 is 2.44 bits per heavy atom. The van der Waals surface area contributed by atoms with Gasteiger partial charge in [-0.3, -0.25) is 9.59 Å². The Kier molecular flexibility index (Phi) is 3.39. The lowest BCUT2D eigenvalue weighted by atomic mass is 10.2. The summed E-state index contributed by atoms with van der Waals surface area (Å²) in [4.78, 5) is 24.8. The van der Waals surface area contributed by atoms with E-state index in [0.29, 0.717) is 13.0 Å². The van der Waals surface area contributed by atoms with E-state index >= 15 is 0 Å². The van der Waals surface area contributed by atoms with Gasteiger partial charge in [-0.15, -0.1) is 0 Å². The van der Waals surface area contributed by atoms with Crippen LogP contribution in [0, 0.1) is 0 Å². The van der Waals surface area contributed by atoms with Gasteiger partial charge in [0.2, 0.25) is 5.78 Å². The van der Waals surface area contributed by atoms with Crippen molar-refractivity contribution in [2.45, 2.75) is 19.3 Å². The molecule has 1 heterocycles. The Bertz CT molecular complexity index is 414. The molecule has 0 aromatic heterocycles. The number of hydrogen-bond acceptors (Lipinski definition) is 2. The van der Waals surface area contributed by atoms with E-state index in [9.17, 15) is 9.59 Å². The first-order valence-corrected chi connectivity index (χ1v) is 6.08. The van der Waals surface area contributed by atoms with Crippen molar-refractivity contribution < 1.29 is 9.59 Å². The van der Waals surface area contributed by atoms with E-state index in [1.807, 2.05) is 24.3 Å². The minimum Gasteiger partial charge on any atom is -0.306 e. The Morgan fingerprint density at radius 2 is 1.75 bits per heavy atom. The van der Waals surface area contributed by atoms with Crippen LogP contribution in [0.5, 0.6) is 0 Å². The summed E-state index contributed by atoms with van der Waals surface area (Å²) in [5, 5.41) is 0. The molecular weight excluding hydrogens is 270 g/mol.